The molecule has 0 aliphatic carbocycles. The molecule has 1 aromatic heterocycles. The highest BCUT2D eigenvalue weighted by molar-refractivity contribution is 7.98. The fourth-order valence-electron chi connectivity index (χ4n) is 2.78. The number of halogens is 3. The standard InChI is InChI=1S/C19H16Cl2FN3O3S/c1-29-6-5-13(19(27)28)24-18(26)9-7-11(21)16-14(8-9)23-17(25-16)15-10(20)3-2-4-12(15)22/h2-4,7-8,13H,5-6H2,1H3,(H,23,25)(H,24,26)(H,27,28). The van der Waals surface area contributed by atoms with Crippen LogP contribution in [0.15, 0.2) is 30.3 Å². The van der Waals surface area contributed by atoms with Gasteiger partial charge in [-0.05, 0) is 42.7 Å². The summed E-state index contributed by atoms with van der Waals surface area (Å²) in [6, 6.07) is 6.12. The Hall–Kier alpha value is -2.29. The van der Waals surface area contributed by atoms with E-state index in [-0.39, 0.29) is 33.4 Å². The third-order valence-electron chi connectivity index (χ3n) is 4.22. The number of nitrogens with one attached hydrogen (secondary N) is 2. The summed E-state index contributed by atoms with van der Waals surface area (Å²) in [5.41, 5.74) is 0.980. The molecule has 3 aromatic rings. The first-order valence-electron chi connectivity index (χ1n) is 8.48. The summed E-state index contributed by atoms with van der Waals surface area (Å²) < 4.78 is 14.2. The molecular formula is C19H16Cl2FN3O3S. The van der Waals surface area contributed by atoms with Crippen LogP contribution in [0.25, 0.3) is 22.4 Å². The van der Waals surface area contributed by atoms with E-state index < -0.39 is 23.7 Å². The molecule has 0 aliphatic heterocycles. The van der Waals surface area contributed by atoms with Crippen LogP contribution in [0.1, 0.15) is 16.8 Å². The van der Waals surface area contributed by atoms with Crippen LogP contribution in [0.4, 0.5) is 4.39 Å². The van der Waals surface area contributed by atoms with Crippen molar-refractivity contribution in [1.29, 1.82) is 0 Å². The van der Waals surface area contributed by atoms with Gasteiger partial charge in [-0.15, -0.1) is 0 Å². The lowest BCUT2D eigenvalue weighted by Gasteiger charge is -2.14. The number of imidazole rings is 1. The summed E-state index contributed by atoms with van der Waals surface area (Å²) in [7, 11) is 0. The number of carbonyl (C=O) groups excluding carboxylic acids is 1. The molecule has 0 saturated heterocycles. The van der Waals surface area contributed by atoms with Gasteiger partial charge in [0.15, 0.2) is 0 Å². The van der Waals surface area contributed by atoms with Gasteiger partial charge in [0.1, 0.15) is 17.7 Å². The van der Waals surface area contributed by atoms with Crippen LogP contribution >= 0.6 is 35.0 Å². The SMILES string of the molecule is CSCCC(NC(=O)c1cc(Cl)c2[nH]c(-c3c(F)cccc3Cl)nc2c1)C(=O)O. The Bertz CT molecular complexity index is 1070. The summed E-state index contributed by atoms with van der Waals surface area (Å²) in [4.78, 5) is 31.1. The summed E-state index contributed by atoms with van der Waals surface area (Å²) >= 11 is 13.8. The van der Waals surface area contributed by atoms with Crippen LogP contribution < -0.4 is 5.32 Å². The van der Waals surface area contributed by atoms with Crippen molar-refractivity contribution in [1.82, 2.24) is 15.3 Å². The van der Waals surface area contributed by atoms with Gasteiger partial charge in [0.05, 0.1) is 26.6 Å². The Morgan fingerprint density at radius 2 is 2.07 bits per heavy atom. The number of amides is 1. The van der Waals surface area contributed by atoms with Gasteiger partial charge in [-0.3, -0.25) is 4.79 Å². The fourth-order valence-corrected chi connectivity index (χ4v) is 3.76. The number of H-pyrrole nitrogens is 1. The van der Waals surface area contributed by atoms with Crippen molar-refractivity contribution in [3.8, 4) is 11.4 Å². The Balaban J connectivity index is 1.95. The molecule has 0 radical (unpaired) electrons. The molecule has 1 unspecified atom stereocenters. The van der Waals surface area contributed by atoms with Crippen molar-refractivity contribution in [2.24, 2.45) is 0 Å². The number of carbonyl (C=O) groups is 2. The van der Waals surface area contributed by atoms with Gasteiger partial charge < -0.3 is 15.4 Å². The Kier molecular flexibility index (Phi) is 6.66. The van der Waals surface area contributed by atoms with E-state index in [4.69, 9.17) is 23.2 Å². The van der Waals surface area contributed by atoms with E-state index in [1.165, 1.54) is 42.1 Å². The molecular weight excluding hydrogens is 440 g/mol. The van der Waals surface area contributed by atoms with Crippen molar-refractivity contribution < 1.29 is 19.1 Å². The van der Waals surface area contributed by atoms with Gasteiger partial charge in [0.25, 0.3) is 5.91 Å². The van der Waals surface area contributed by atoms with E-state index in [1.807, 2.05) is 6.26 Å². The maximum atomic E-state index is 14.2. The number of carboxylic acid groups (broad SMARTS) is 1. The number of nitrogens with zero attached hydrogens (tertiary/aromatic N) is 1. The molecule has 0 spiro atoms. The van der Waals surface area contributed by atoms with Crippen molar-refractivity contribution in [2.45, 2.75) is 12.5 Å². The Morgan fingerprint density at radius 3 is 2.72 bits per heavy atom. The van der Waals surface area contributed by atoms with Gasteiger partial charge >= 0.3 is 5.97 Å². The van der Waals surface area contributed by atoms with Gasteiger partial charge in [0, 0.05) is 5.56 Å². The normalized spacial score (nSPS) is 12.1. The first-order chi connectivity index (χ1) is 13.8. The fraction of sp³-hybridized carbons (Fsp3) is 0.211. The van der Waals surface area contributed by atoms with E-state index in [1.54, 1.807) is 0 Å². The molecule has 1 heterocycles. The highest BCUT2D eigenvalue weighted by Crippen LogP contribution is 2.32. The average Bonchev–Trinajstić information content (AvgIpc) is 3.08. The number of aliphatic carboxylic acids is 1. The number of hydrogen-bond donors (Lipinski definition) is 3. The van der Waals surface area contributed by atoms with Gasteiger partial charge in [-0.1, -0.05) is 29.3 Å². The minimum atomic E-state index is -1.11. The van der Waals surface area contributed by atoms with Crippen LogP contribution in [0.2, 0.25) is 10.0 Å². The molecule has 0 bridgehead atoms. The van der Waals surface area contributed by atoms with Gasteiger partial charge in [0.2, 0.25) is 0 Å². The molecule has 0 aliphatic rings. The van der Waals surface area contributed by atoms with E-state index in [0.717, 1.165) is 0 Å². The second kappa shape index (κ2) is 9.02. The zero-order chi connectivity index (χ0) is 21.1. The van der Waals surface area contributed by atoms with Crippen LogP contribution in [-0.2, 0) is 4.79 Å². The molecule has 3 N–H and O–H groups in total. The second-order valence-corrected chi connectivity index (χ2v) is 7.98. The number of hydrogen-bond acceptors (Lipinski definition) is 4. The number of aromatic amines is 1. The van der Waals surface area contributed by atoms with E-state index in [9.17, 15) is 19.1 Å². The predicted octanol–water partition coefficient (Wildman–Crippen LogP) is 4.61. The quantitative estimate of drug-likeness (QED) is 0.483. The molecule has 6 nitrogen and oxygen atoms in total. The minimum Gasteiger partial charge on any atom is -0.480 e. The van der Waals surface area contributed by atoms with E-state index in [0.29, 0.717) is 16.8 Å². The number of aromatic nitrogens is 2. The number of carboxylic acids is 1. The lowest BCUT2D eigenvalue weighted by atomic mass is 10.1. The third kappa shape index (κ3) is 4.66. The Morgan fingerprint density at radius 1 is 1.31 bits per heavy atom. The minimum absolute atomic E-state index is 0.0930. The zero-order valence-corrected chi connectivity index (χ0v) is 17.5. The predicted molar refractivity (Wildman–Crippen MR) is 113 cm³/mol. The molecule has 29 heavy (non-hydrogen) atoms. The number of fused-ring (bicyclic) bond motifs is 1. The molecule has 0 saturated carbocycles. The molecule has 2 aromatic carbocycles. The lowest BCUT2D eigenvalue weighted by molar-refractivity contribution is -0.139. The molecule has 152 valence electrons. The monoisotopic (exact) mass is 455 g/mol. The van der Waals surface area contributed by atoms with Gasteiger partial charge in [-0.25, -0.2) is 14.2 Å². The van der Waals surface area contributed by atoms with Crippen LogP contribution in [0, 0.1) is 5.82 Å². The summed E-state index contributed by atoms with van der Waals surface area (Å²) in [5.74, 6) is -1.50. The highest BCUT2D eigenvalue weighted by Gasteiger charge is 2.22. The lowest BCUT2D eigenvalue weighted by Crippen LogP contribution is -2.41. The van der Waals surface area contributed by atoms with E-state index in [2.05, 4.69) is 15.3 Å². The number of rotatable bonds is 7. The smallest absolute Gasteiger partial charge is 0.326 e. The van der Waals surface area contributed by atoms with Crippen molar-refractivity contribution in [3.05, 3.63) is 51.8 Å². The number of thioether (sulfide) groups is 1. The van der Waals surface area contributed by atoms with Crippen LogP contribution in [-0.4, -0.2) is 45.0 Å². The third-order valence-corrected chi connectivity index (χ3v) is 5.48. The second-order valence-electron chi connectivity index (χ2n) is 6.18. The zero-order valence-electron chi connectivity index (χ0n) is 15.1. The number of benzene rings is 2. The molecule has 1 amide bonds. The molecule has 3 rings (SSSR count). The largest absolute Gasteiger partial charge is 0.480 e. The highest BCUT2D eigenvalue weighted by atomic mass is 35.5. The van der Waals surface area contributed by atoms with Crippen LogP contribution in [0.5, 0.6) is 0 Å². The topological polar surface area (TPSA) is 95.1 Å². The maximum Gasteiger partial charge on any atom is 0.326 e. The molecule has 0 fully saturated rings. The molecule has 10 heteroatoms. The maximum absolute atomic E-state index is 14.2. The summed E-state index contributed by atoms with van der Waals surface area (Å²) in [5, 5.41) is 12.1. The van der Waals surface area contributed by atoms with E-state index >= 15 is 0 Å². The van der Waals surface area contributed by atoms with Crippen molar-refractivity contribution in [3.63, 3.8) is 0 Å². The summed E-state index contributed by atoms with van der Waals surface area (Å²) in [6.45, 7) is 0. The Labute approximate surface area is 179 Å². The average molecular weight is 456 g/mol. The molecule has 1 atom stereocenters. The van der Waals surface area contributed by atoms with Gasteiger partial charge in [-0.2, -0.15) is 11.8 Å². The first-order valence-corrected chi connectivity index (χ1v) is 10.6. The van der Waals surface area contributed by atoms with Crippen molar-refractivity contribution in [2.75, 3.05) is 12.0 Å². The first kappa shape index (κ1) is 21.4. The van der Waals surface area contributed by atoms with Crippen LogP contribution in [0.3, 0.4) is 0 Å². The van der Waals surface area contributed by atoms with Crippen molar-refractivity contribution >= 4 is 57.9 Å². The summed E-state index contributed by atoms with van der Waals surface area (Å²) in [6.07, 6.45) is 2.14.